The topological polar surface area (TPSA) is 81.4 Å². The van der Waals surface area contributed by atoms with E-state index in [1.165, 1.54) is 7.11 Å². The van der Waals surface area contributed by atoms with Gasteiger partial charge in [-0.1, -0.05) is 11.6 Å². The Balaban J connectivity index is 1.58. The largest absolute Gasteiger partial charge is 0.469 e. The lowest BCUT2D eigenvalue weighted by molar-refractivity contribution is -0.140. The van der Waals surface area contributed by atoms with E-state index in [0.717, 1.165) is 37.9 Å². The number of ether oxygens (including phenoxy) is 1. The van der Waals surface area contributed by atoms with Crippen molar-refractivity contribution in [2.24, 2.45) is 0 Å². The molecule has 1 aromatic heterocycles. The van der Waals surface area contributed by atoms with Crippen molar-refractivity contribution in [3.8, 4) is 0 Å². The summed E-state index contributed by atoms with van der Waals surface area (Å²) < 4.78 is 9.68. The van der Waals surface area contributed by atoms with Crippen molar-refractivity contribution in [2.75, 3.05) is 13.7 Å². The SMILES string of the molecule is COC(=O)CCCCCNC(=O)c1cc(C2CC2)on1. The predicted molar refractivity (Wildman–Crippen MR) is 71.3 cm³/mol. The van der Waals surface area contributed by atoms with Crippen molar-refractivity contribution >= 4 is 11.9 Å². The molecule has 1 aliphatic carbocycles. The van der Waals surface area contributed by atoms with Gasteiger partial charge in [0, 0.05) is 24.9 Å². The molecule has 1 aliphatic rings. The lowest BCUT2D eigenvalue weighted by Gasteiger charge is -2.02. The molecular formula is C14H20N2O4. The highest BCUT2D eigenvalue weighted by atomic mass is 16.5. The number of nitrogens with zero attached hydrogens (tertiary/aromatic N) is 1. The molecule has 0 spiro atoms. The van der Waals surface area contributed by atoms with E-state index in [2.05, 4.69) is 15.2 Å². The van der Waals surface area contributed by atoms with Gasteiger partial charge in [-0.2, -0.15) is 0 Å². The van der Waals surface area contributed by atoms with E-state index in [9.17, 15) is 9.59 Å². The highest BCUT2D eigenvalue weighted by Crippen LogP contribution is 2.40. The fourth-order valence-corrected chi connectivity index (χ4v) is 1.92. The molecule has 0 atom stereocenters. The molecule has 0 saturated heterocycles. The first kappa shape index (κ1) is 14.6. The van der Waals surface area contributed by atoms with Crippen LogP contribution in [0.25, 0.3) is 0 Å². The maximum Gasteiger partial charge on any atom is 0.305 e. The highest BCUT2D eigenvalue weighted by molar-refractivity contribution is 5.92. The van der Waals surface area contributed by atoms with Gasteiger partial charge < -0.3 is 14.6 Å². The number of unbranched alkanes of at least 4 members (excludes halogenated alkanes) is 2. The number of amides is 1. The maximum absolute atomic E-state index is 11.8. The Morgan fingerprint density at radius 3 is 2.90 bits per heavy atom. The number of carbonyl (C=O) groups is 2. The first-order valence-electron chi connectivity index (χ1n) is 7.02. The minimum absolute atomic E-state index is 0.191. The lowest BCUT2D eigenvalue weighted by atomic mass is 10.2. The molecule has 1 amide bonds. The average molecular weight is 280 g/mol. The fourth-order valence-electron chi connectivity index (χ4n) is 1.92. The van der Waals surface area contributed by atoms with E-state index in [1.54, 1.807) is 6.07 Å². The summed E-state index contributed by atoms with van der Waals surface area (Å²) >= 11 is 0. The zero-order chi connectivity index (χ0) is 14.4. The van der Waals surface area contributed by atoms with Gasteiger partial charge in [-0.25, -0.2) is 0 Å². The number of esters is 1. The molecule has 0 aromatic carbocycles. The van der Waals surface area contributed by atoms with Crippen molar-refractivity contribution in [3.05, 3.63) is 17.5 Å². The molecule has 0 aliphatic heterocycles. The average Bonchev–Trinajstić information content (AvgIpc) is 3.19. The van der Waals surface area contributed by atoms with E-state index in [1.807, 2.05) is 0 Å². The van der Waals surface area contributed by atoms with Crippen molar-refractivity contribution in [2.45, 2.75) is 44.4 Å². The Hall–Kier alpha value is -1.85. The molecule has 0 bridgehead atoms. The normalized spacial score (nSPS) is 14.1. The number of carbonyl (C=O) groups excluding carboxylic acids is 2. The van der Waals surface area contributed by atoms with Crippen LogP contribution in [0, 0.1) is 0 Å². The standard InChI is InChI=1S/C14H20N2O4/c1-19-13(17)5-3-2-4-8-15-14(18)11-9-12(20-16-11)10-6-7-10/h9-10H,2-8H2,1H3,(H,15,18). The Bertz CT molecular complexity index is 465. The third-order valence-corrected chi connectivity index (χ3v) is 3.31. The predicted octanol–water partition coefficient (Wildman–Crippen LogP) is 2.02. The van der Waals surface area contributed by atoms with E-state index < -0.39 is 0 Å². The fraction of sp³-hybridized carbons (Fsp3) is 0.643. The van der Waals surface area contributed by atoms with Crippen LogP contribution in [0.4, 0.5) is 0 Å². The number of nitrogens with one attached hydrogen (secondary N) is 1. The van der Waals surface area contributed by atoms with Crippen LogP contribution in [0.2, 0.25) is 0 Å². The van der Waals surface area contributed by atoms with Gasteiger partial charge >= 0.3 is 5.97 Å². The second kappa shape index (κ2) is 7.07. The minimum atomic E-state index is -0.200. The monoisotopic (exact) mass is 280 g/mol. The van der Waals surface area contributed by atoms with Crippen LogP contribution in [0.1, 0.15) is 60.7 Å². The molecule has 6 nitrogen and oxygen atoms in total. The quantitative estimate of drug-likeness (QED) is 0.582. The van der Waals surface area contributed by atoms with E-state index in [0.29, 0.717) is 24.6 Å². The molecule has 1 heterocycles. The van der Waals surface area contributed by atoms with Crippen molar-refractivity contribution in [3.63, 3.8) is 0 Å². The Morgan fingerprint density at radius 2 is 2.20 bits per heavy atom. The minimum Gasteiger partial charge on any atom is -0.469 e. The van der Waals surface area contributed by atoms with Crippen LogP contribution in [0.15, 0.2) is 10.6 Å². The molecule has 1 fully saturated rings. The number of hydrogen-bond donors (Lipinski definition) is 1. The summed E-state index contributed by atoms with van der Waals surface area (Å²) in [7, 11) is 1.39. The Kier molecular flexibility index (Phi) is 5.15. The first-order valence-corrected chi connectivity index (χ1v) is 7.02. The van der Waals surface area contributed by atoms with Crippen LogP contribution in [-0.4, -0.2) is 30.7 Å². The van der Waals surface area contributed by atoms with Gasteiger partial charge in [0.1, 0.15) is 5.76 Å². The summed E-state index contributed by atoms with van der Waals surface area (Å²) in [5, 5.41) is 6.57. The van der Waals surface area contributed by atoms with Gasteiger partial charge in [-0.15, -0.1) is 0 Å². The Morgan fingerprint density at radius 1 is 1.40 bits per heavy atom. The summed E-state index contributed by atoms with van der Waals surface area (Å²) in [6.07, 6.45) is 5.15. The maximum atomic E-state index is 11.8. The molecule has 1 aromatic rings. The highest BCUT2D eigenvalue weighted by Gasteiger charge is 2.28. The molecule has 0 radical (unpaired) electrons. The molecule has 0 unspecified atom stereocenters. The number of hydrogen-bond acceptors (Lipinski definition) is 5. The van der Waals surface area contributed by atoms with E-state index in [4.69, 9.17) is 4.52 Å². The van der Waals surface area contributed by atoms with Crippen molar-refractivity contribution < 1.29 is 18.8 Å². The van der Waals surface area contributed by atoms with Crippen LogP contribution in [0.5, 0.6) is 0 Å². The molecule has 110 valence electrons. The number of rotatable bonds is 8. The summed E-state index contributed by atoms with van der Waals surface area (Å²) in [5.74, 6) is 0.883. The molecule has 1 N–H and O–H groups in total. The summed E-state index contributed by atoms with van der Waals surface area (Å²) in [6, 6.07) is 1.73. The Labute approximate surface area is 117 Å². The zero-order valence-electron chi connectivity index (χ0n) is 11.7. The number of aromatic nitrogens is 1. The first-order chi connectivity index (χ1) is 9.70. The molecular weight excluding hydrogens is 260 g/mol. The molecule has 2 rings (SSSR count). The molecule has 20 heavy (non-hydrogen) atoms. The molecule has 1 saturated carbocycles. The van der Waals surface area contributed by atoms with Gasteiger partial charge in [0.15, 0.2) is 5.69 Å². The van der Waals surface area contributed by atoms with E-state index in [-0.39, 0.29) is 11.9 Å². The lowest BCUT2D eigenvalue weighted by Crippen LogP contribution is -2.24. The summed E-state index contributed by atoms with van der Waals surface area (Å²) in [5.41, 5.74) is 0.349. The summed E-state index contributed by atoms with van der Waals surface area (Å²) in [6.45, 7) is 0.575. The van der Waals surface area contributed by atoms with Gasteiger partial charge in [0.25, 0.3) is 5.91 Å². The van der Waals surface area contributed by atoms with Gasteiger partial charge in [0.2, 0.25) is 0 Å². The number of methoxy groups -OCH3 is 1. The smallest absolute Gasteiger partial charge is 0.305 e. The third kappa shape index (κ3) is 4.36. The van der Waals surface area contributed by atoms with Gasteiger partial charge in [-0.05, 0) is 25.7 Å². The zero-order valence-corrected chi connectivity index (χ0v) is 11.7. The van der Waals surface area contributed by atoms with Crippen molar-refractivity contribution in [1.82, 2.24) is 10.5 Å². The van der Waals surface area contributed by atoms with Crippen LogP contribution >= 0.6 is 0 Å². The third-order valence-electron chi connectivity index (χ3n) is 3.31. The van der Waals surface area contributed by atoms with Crippen LogP contribution < -0.4 is 5.32 Å². The van der Waals surface area contributed by atoms with Crippen molar-refractivity contribution in [1.29, 1.82) is 0 Å². The van der Waals surface area contributed by atoms with Gasteiger partial charge in [-0.3, -0.25) is 9.59 Å². The van der Waals surface area contributed by atoms with Gasteiger partial charge in [0.05, 0.1) is 7.11 Å². The van der Waals surface area contributed by atoms with Crippen LogP contribution in [-0.2, 0) is 9.53 Å². The van der Waals surface area contributed by atoms with Crippen LogP contribution in [0.3, 0.4) is 0 Å². The summed E-state index contributed by atoms with van der Waals surface area (Å²) in [4.78, 5) is 22.7. The second-order valence-corrected chi connectivity index (χ2v) is 5.03. The second-order valence-electron chi connectivity index (χ2n) is 5.03. The van der Waals surface area contributed by atoms with E-state index >= 15 is 0 Å². The molecule has 6 heteroatoms.